The summed E-state index contributed by atoms with van der Waals surface area (Å²) in [5.41, 5.74) is 3.83. The van der Waals surface area contributed by atoms with Gasteiger partial charge in [0, 0.05) is 29.8 Å². The van der Waals surface area contributed by atoms with Crippen LogP contribution in [0.15, 0.2) is 67.6 Å². The number of nitrogens with zero attached hydrogens (tertiary/aromatic N) is 6. The maximum Gasteiger partial charge on any atom is 0.254 e. The highest BCUT2D eigenvalue weighted by molar-refractivity contribution is 6.30. The van der Waals surface area contributed by atoms with E-state index in [4.69, 9.17) is 11.6 Å². The van der Waals surface area contributed by atoms with Gasteiger partial charge < -0.3 is 14.1 Å². The molecule has 0 unspecified atom stereocenters. The normalized spacial score (nSPS) is 11.3. The Labute approximate surface area is 170 Å². The maximum atomic E-state index is 12.5. The Morgan fingerprint density at radius 1 is 1.14 bits per heavy atom. The van der Waals surface area contributed by atoms with Crippen LogP contribution in [0.3, 0.4) is 0 Å². The van der Waals surface area contributed by atoms with Crippen LogP contribution < -0.4 is 5.32 Å². The summed E-state index contributed by atoms with van der Waals surface area (Å²) in [5, 5.41) is 7.78. The summed E-state index contributed by atoms with van der Waals surface area (Å²) >= 11 is 6.06. The molecule has 1 N–H and O–H groups in total. The number of amides is 1. The predicted octanol–water partition coefficient (Wildman–Crippen LogP) is 2.81. The van der Waals surface area contributed by atoms with E-state index in [0.29, 0.717) is 23.7 Å². The van der Waals surface area contributed by atoms with Gasteiger partial charge in [-0.1, -0.05) is 17.7 Å². The van der Waals surface area contributed by atoms with E-state index in [1.54, 1.807) is 29.5 Å². The molecular weight excluding hydrogens is 390 g/mol. The van der Waals surface area contributed by atoms with Gasteiger partial charge in [0.1, 0.15) is 5.65 Å². The fourth-order valence-corrected chi connectivity index (χ4v) is 3.37. The van der Waals surface area contributed by atoms with Crippen LogP contribution in [0.4, 0.5) is 0 Å². The number of pyridine rings is 2. The molecular formula is C20H16ClN7O. The second-order valence-corrected chi connectivity index (χ2v) is 7.07. The Kier molecular flexibility index (Phi) is 4.25. The van der Waals surface area contributed by atoms with E-state index in [2.05, 4.69) is 20.4 Å². The minimum atomic E-state index is -0.213. The molecule has 5 heterocycles. The third-order valence-corrected chi connectivity index (χ3v) is 4.87. The van der Waals surface area contributed by atoms with Crippen LogP contribution >= 0.6 is 11.6 Å². The highest BCUT2D eigenvalue weighted by Crippen LogP contribution is 2.15. The van der Waals surface area contributed by atoms with Crippen LogP contribution in [0, 0.1) is 0 Å². The van der Waals surface area contributed by atoms with Crippen molar-refractivity contribution in [3.63, 3.8) is 0 Å². The van der Waals surface area contributed by atoms with Crippen LogP contribution in [-0.4, -0.2) is 34.5 Å². The van der Waals surface area contributed by atoms with Gasteiger partial charge in [0.2, 0.25) is 0 Å². The largest absolute Gasteiger partial charge is 0.346 e. The smallest absolute Gasteiger partial charge is 0.254 e. The molecule has 5 aromatic heterocycles. The first-order chi connectivity index (χ1) is 14.2. The minimum Gasteiger partial charge on any atom is -0.346 e. The Morgan fingerprint density at radius 3 is 2.97 bits per heavy atom. The van der Waals surface area contributed by atoms with Gasteiger partial charge in [-0.3, -0.25) is 9.48 Å². The number of rotatable bonds is 5. The van der Waals surface area contributed by atoms with Gasteiger partial charge in [0.15, 0.2) is 0 Å². The summed E-state index contributed by atoms with van der Waals surface area (Å²) in [4.78, 5) is 21.4. The van der Waals surface area contributed by atoms with Gasteiger partial charge in [0.05, 0.1) is 48.1 Å². The van der Waals surface area contributed by atoms with Gasteiger partial charge in [-0.25, -0.2) is 9.97 Å². The van der Waals surface area contributed by atoms with Crippen LogP contribution in [0.1, 0.15) is 21.7 Å². The fraction of sp³-hybridized carbons (Fsp3) is 0.100. The van der Waals surface area contributed by atoms with Gasteiger partial charge in [0.25, 0.3) is 5.91 Å². The van der Waals surface area contributed by atoms with Crippen molar-refractivity contribution in [1.29, 1.82) is 0 Å². The molecule has 0 aromatic carbocycles. The first-order valence-corrected chi connectivity index (χ1v) is 9.38. The van der Waals surface area contributed by atoms with E-state index >= 15 is 0 Å². The third kappa shape index (κ3) is 3.45. The van der Waals surface area contributed by atoms with Gasteiger partial charge in [-0.2, -0.15) is 5.10 Å². The molecule has 0 bridgehead atoms. The summed E-state index contributed by atoms with van der Waals surface area (Å²) < 4.78 is 5.51. The van der Waals surface area contributed by atoms with Crippen LogP contribution in [-0.2, 0) is 13.1 Å². The maximum absolute atomic E-state index is 12.5. The van der Waals surface area contributed by atoms with Gasteiger partial charge >= 0.3 is 0 Å². The molecule has 5 rings (SSSR count). The molecule has 0 saturated heterocycles. The van der Waals surface area contributed by atoms with E-state index in [1.807, 2.05) is 51.7 Å². The monoisotopic (exact) mass is 405 g/mol. The second kappa shape index (κ2) is 7.06. The van der Waals surface area contributed by atoms with E-state index in [0.717, 1.165) is 22.6 Å². The summed E-state index contributed by atoms with van der Waals surface area (Å²) in [6.07, 6.45) is 10.7. The van der Waals surface area contributed by atoms with Crippen molar-refractivity contribution in [2.75, 3.05) is 0 Å². The Bertz CT molecular complexity index is 1300. The Morgan fingerprint density at radius 2 is 2.07 bits per heavy atom. The number of halogens is 1. The lowest BCUT2D eigenvalue weighted by Crippen LogP contribution is -2.22. The topological polar surface area (TPSA) is 81.5 Å². The lowest BCUT2D eigenvalue weighted by Gasteiger charge is -2.02. The Hall–Kier alpha value is -3.65. The minimum absolute atomic E-state index is 0.213. The zero-order valence-corrected chi connectivity index (χ0v) is 16.0. The van der Waals surface area contributed by atoms with Crippen LogP contribution in [0.2, 0.25) is 5.02 Å². The molecule has 9 heteroatoms. The number of carbonyl (C=O) groups excluding carboxylic acids is 1. The summed E-state index contributed by atoms with van der Waals surface area (Å²) in [6, 6.07) is 9.45. The number of hydrogen-bond donors (Lipinski definition) is 1. The molecule has 0 radical (unpaired) electrons. The molecule has 0 saturated carbocycles. The number of fused-ring (bicyclic) bond motifs is 2. The van der Waals surface area contributed by atoms with Crippen molar-refractivity contribution >= 4 is 28.7 Å². The average Bonchev–Trinajstić information content (AvgIpc) is 3.44. The van der Waals surface area contributed by atoms with Gasteiger partial charge in [-0.05, 0) is 24.3 Å². The first kappa shape index (κ1) is 17.4. The number of imidazole rings is 2. The highest BCUT2D eigenvalue weighted by atomic mass is 35.5. The quantitative estimate of drug-likeness (QED) is 0.487. The highest BCUT2D eigenvalue weighted by Gasteiger charge is 2.12. The van der Waals surface area contributed by atoms with Crippen molar-refractivity contribution in [3.05, 3.63) is 89.6 Å². The third-order valence-electron chi connectivity index (χ3n) is 4.63. The van der Waals surface area contributed by atoms with Crippen molar-refractivity contribution in [2.24, 2.45) is 0 Å². The summed E-state index contributed by atoms with van der Waals surface area (Å²) in [6.45, 7) is 0.784. The molecule has 0 spiro atoms. The van der Waals surface area contributed by atoms with Crippen molar-refractivity contribution in [3.8, 4) is 0 Å². The van der Waals surface area contributed by atoms with Crippen LogP contribution in [0.25, 0.3) is 11.2 Å². The zero-order chi connectivity index (χ0) is 19.8. The first-order valence-electron chi connectivity index (χ1n) is 9.00. The molecule has 8 nitrogen and oxygen atoms in total. The number of carbonyl (C=O) groups is 1. The zero-order valence-electron chi connectivity index (χ0n) is 15.2. The SMILES string of the molecule is O=C(NCc1ncn2ccc(Cl)cc12)c1cnn(Cc2cn3ccccc3n2)c1. The number of aromatic nitrogens is 6. The second-order valence-electron chi connectivity index (χ2n) is 6.64. The molecule has 1 amide bonds. The van der Waals surface area contributed by atoms with Crippen molar-refractivity contribution in [1.82, 2.24) is 33.9 Å². The fourth-order valence-electron chi connectivity index (χ4n) is 3.22. The average molecular weight is 406 g/mol. The molecule has 0 aliphatic heterocycles. The number of hydrogen-bond acceptors (Lipinski definition) is 4. The lowest BCUT2D eigenvalue weighted by molar-refractivity contribution is 0.0950. The lowest BCUT2D eigenvalue weighted by atomic mass is 10.3. The molecule has 0 aliphatic rings. The molecule has 29 heavy (non-hydrogen) atoms. The van der Waals surface area contributed by atoms with E-state index in [-0.39, 0.29) is 5.91 Å². The summed E-state index contributed by atoms with van der Waals surface area (Å²) in [5.74, 6) is -0.213. The Balaban J connectivity index is 1.27. The van der Waals surface area contributed by atoms with Crippen LogP contribution in [0.5, 0.6) is 0 Å². The summed E-state index contributed by atoms with van der Waals surface area (Å²) in [7, 11) is 0. The molecule has 5 aromatic rings. The standard InChI is InChI=1S/C20H16ClN7O/c21-15-4-6-27-13-23-17(18(27)7-15)9-22-20(29)14-8-24-28(10-14)12-16-11-26-5-2-1-3-19(26)25-16/h1-8,10-11,13H,9,12H2,(H,22,29). The predicted molar refractivity (Wildman–Crippen MR) is 108 cm³/mol. The molecule has 0 aliphatic carbocycles. The van der Waals surface area contributed by atoms with Gasteiger partial charge in [-0.15, -0.1) is 0 Å². The van der Waals surface area contributed by atoms with E-state index in [1.165, 1.54) is 0 Å². The molecule has 0 atom stereocenters. The molecule has 144 valence electrons. The van der Waals surface area contributed by atoms with E-state index in [9.17, 15) is 4.79 Å². The van der Waals surface area contributed by atoms with Crippen molar-refractivity contribution < 1.29 is 4.79 Å². The van der Waals surface area contributed by atoms with E-state index < -0.39 is 0 Å². The molecule has 0 fully saturated rings. The number of nitrogens with one attached hydrogen (secondary N) is 1. The van der Waals surface area contributed by atoms with Crippen molar-refractivity contribution in [2.45, 2.75) is 13.1 Å².